The molecule has 1 aliphatic rings. The van der Waals surface area contributed by atoms with Gasteiger partial charge in [-0.3, -0.25) is 4.79 Å². The van der Waals surface area contributed by atoms with Crippen molar-refractivity contribution in [3.63, 3.8) is 0 Å². The van der Waals surface area contributed by atoms with Gasteiger partial charge in [0.05, 0.1) is 23.7 Å². The Kier molecular flexibility index (Phi) is 10.2. The third-order valence-corrected chi connectivity index (χ3v) is 5.65. The number of rotatable bonds is 4. The van der Waals surface area contributed by atoms with Gasteiger partial charge in [0, 0.05) is 25.8 Å². The summed E-state index contributed by atoms with van der Waals surface area (Å²) in [4.78, 5) is 25.9. The number of nitrogens with one attached hydrogen (secondary N) is 1. The molecule has 0 aliphatic carbocycles. The number of amides is 1. The van der Waals surface area contributed by atoms with Crippen molar-refractivity contribution in [1.82, 2.24) is 10.2 Å². The number of likely N-dealkylation sites (N-methyl/N-ethyl adjacent to an activating group) is 1. The number of benzene rings is 2. The second-order valence-corrected chi connectivity index (χ2v) is 7.83. The summed E-state index contributed by atoms with van der Waals surface area (Å²) < 4.78 is 6.18. The number of carboxylic acids is 1. The maximum absolute atomic E-state index is 12.2. The summed E-state index contributed by atoms with van der Waals surface area (Å²) in [5.74, 6) is -1.08. The SMILES string of the molecule is CC.CN1CCOCC1.O=C(O)c1ccc(CNC(=O)c2cc3ccccc3s2)cc1.[HH]. The van der Waals surface area contributed by atoms with Gasteiger partial charge in [0.25, 0.3) is 5.91 Å². The summed E-state index contributed by atoms with van der Waals surface area (Å²) in [6.45, 7) is 8.39. The minimum atomic E-state index is -0.958. The van der Waals surface area contributed by atoms with E-state index >= 15 is 0 Å². The Labute approximate surface area is 188 Å². The predicted molar refractivity (Wildman–Crippen MR) is 128 cm³/mol. The molecule has 1 aliphatic heterocycles. The van der Waals surface area contributed by atoms with Crippen LogP contribution in [0.15, 0.2) is 54.6 Å². The number of carbonyl (C=O) groups excluding carboxylic acids is 1. The molecule has 1 fully saturated rings. The molecule has 1 amide bonds. The number of morpholine rings is 1. The number of carboxylic acid groups (broad SMARTS) is 1. The molecule has 0 radical (unpaired) electrons. The van der Waals surface area contributed by atoms with E-state index in [0.717, 1.165) is 42.0 Å². The number of fused-ring (bicyclic) bond motifs is 1. The van der Waals surface area contributed by atoms with Gasteiger partial charge in [-0.25, -0.2) is 4.79 Å². The summed E-state index contributed by atoms with van der Waals surface area (Å²) in [5.41, 5.74) is 1.10. The lowest BCUT2D eigenvalue weighted by atomic mass is 10.1. The number of aromatic carboxylic acids is 1. The van der Waals surface area contributed by atoms with Crippen LogP contribution in [0.25, 0.3) is 10.1 Å². The molecule has 0 unspecified atom stereocenters. The lowest BCUT2D eigenvalue weighted by Gasteiger charge is -2.21. The van der Waals surface area contributed by atoms with E-state index in [1.165, 1.54) is 23.5 Å². The zero-order chi connectivity index (χ0) is 22.6. The Bertz CT molecular complexity index is 937. The van der Waals surface area contributed by atoms with Crippen molar-refractivity contribution in [1.29, 1.82) is 0 Å². The second kappa shape index (κ2) is 12.8. The fraction of sp³-hybridized carbons (Fsp3) is 0.333. The van der Waals surface area contributed by atoms with Crippen molar-refractivity contribution in [3.05, 3.63) is 70.6 Å². The number of hydrogen-bond donors (Lipinski definition) is 2. The minimum Gasteiger partial charge on any atom is -0.478 e. The average Bonchev–Trinajstić information content (AvgIpc) is 3.24. The van der Waals surface area contributed by atoms with Gasteiger partial charge < -0.3 is 20.1 Å². The van der Waals surface area contributed by atoms with Crippen molar-refractivity contribution >= 4 is 33.3 Å². The van der Waals surface area contributed by atoms with Gasteiger partial charge in [-0.15, -0.1) is 11.3 Å². The van der Waals surface area contributed by atoms with Gasteiger partial charge in [-0.2, -0.15) is 0 Å². The summed E-state index contributed by atoms with van der Waals surface area (Å²) in [5, 5.41) is 12.8. The smallest absolute Gasteiger partial charge is 0.335 e. The first-order chi connectivity index (χ1) is 15.0. The monoisotopic (exact) mass is 444 g/mol. The van der Waals surface area contributed by atoms with E-state index in [9.17, 15) is 9.59 Å². The number of nitrogens with zero attached hydrogens (tertiary/aromatic N) is 1. The standard InChI is InChI=1S/C17H13NO3S.C5H11NO.C2H6.H2/c19-16(15-9-13-3-1-2-4-14(13)22-15)18-10-11-5-7-12(8-6-11)17(20)21;1-6-2-4-7-5-3-6;1-2;/h1-9H,10H2,(H,18,19)(H,20,21);2-5H2,1H3;1-2H3;1H. The Balaban J connectivity index is 0.000000434. The van der Waals surface area contributed by atoms with Crippen LogP contribution in [0.5, 0.6) is 0 Å². The number of ether oxygens (including phenoxy) is 1. The van der Waals surface area contributed by atoms with Gasteiger partial charge in [-0.05, 0) is 42.3 Å². The van der Waals surface area contributed by atoms with Gasteiger partial charge in [0.15, 0.2) is 0 Å². The molecule has 0 atom stereocenters. The minimum absolute atomic E-state index is 0. The van der Waals surface area contributed by atoms with Crippen molar-refractivity contribution in [2.45, 2.75) is 20.4 Å². The molecule has 31 heavy (non-hydrogen) atoms. The Hall–Kier alpha value is -2.74. The van der Waals surface area contributed by atoms with Crippen LogP contribution in [-0.2, 0) is 11.3 Å². The molecule has 168 valence electrons. The first kappa shape index (κ1) is 24.5. The topological polar surface area (TPSA) is 78.9 Å². The molecule has 2 heterocycles. The van der Waals surface area contributed by atoms with Crippen molar-refractivity contribution in [3.8, 4) is 0 Å². The predicted octanol–water partition coefficient (Wildman–Crippen LogP) is 4.75. The number of hydrogen-bond acceptors (Lipinski definition) is 5. The summed E-state index contributed by atoms with van der Waals surface area (Å²) >= 11 is 1.46. The van der Waals surface area contributed by atoms with Crippen molar-refractivity contribution in [2.75, 3.05) is 33.4 Å². The van der Waals surface area contributed by atoms with Crippen LogP contribution in [0.2, 0.25) is 0 Å². The summed E-state index contributed by atoms with van der Waals surface area (Å²) in [6, 6.07) is 16.2. The second-order valence-electron chi connectivity index (χ2n) is 6.75. The summed E-state index contributed by atoms with van der Waals surface area (Å²) in [6.07, 6.45) is 0. The van der Waals surface area contributed by atoms with E-state index < -0.39 is 5.97 Å². The lowest BCUT2D eigenvalue weighted by molar-refractivity contribution is 0.0503. The zero-order valence-corrected chi connectivity index (χ0v) is 19.1. The van der Waals surface area contributed by atoms with E-state index in [-0.39, 0.29) is 12.9 Å². The molecule has 1 saturated heterocycles. The van der Waals surface area contributed by atoms with Gasteiger partial charge in [0.1, 0.15) is 0 Å². The van der Waals surface area contributed by atoms with Crippen LogP contribution in [0.4, 0.5) is 0 Å². The molecule has 2 N–H and O–H groups in total. The van der Waals surface area contributed by atoms with Crippen molar-refractivity contribution in [2.24, 2.45) is 0 Å². The molecule has 6 nitrogen and oxygen atoms in total. The quantitative estimate of drug-likeness (QED) is 0.607. The van der Waals surface area contributed by atoms with Crippen LogP contribution in [0.3, 0.4) is 0 Å². The molecule has 4 rings (SSSR count). The fourth-order valence-corrected chi connectivity index (χ4v) is 3.76. The number of thiophene rings is 1. The Morgan fingerprint density at radius 1 is 1.10 bits per heavy atom. The fourth-order valence-electron chi connectivity index (χ4n) is 2.78. The molecule has 3 aromatic rings. The Morgan fingerprint density at radius 3 is 2.29 bits per heavy atom. The number of carbonyl (C=O) groups is 2. The highest BCUT2D eigenvalue weighted by molar-refractivity contribution is 7.20. The third-order valence-electron chi connectivity index (χ3n) is 4.54. The average molecular weight is 445 g/mol. The van der Waals surface area contributed by atoms with Crippen LogP contribution in [-0.4, -0.2) is 55.2 Å². The van der Waals surface area contributed by atoms with E-state index in [4.69, 9.17) is 9.84 Å². The van der Waals surface area contributed by atoms with E-state index in [1.807, 2.05) is 44.2 Å². The zero-order valence-electron chi connectivity index (χ0n) is 18.3. The molecular formula is C24H32N2O4S. The molecule has 0 spiro atoms. The Morgan fingerprint density at radius 2 is 1.74 bits per heavy atom. The first-order valence-corrected chi connectivity index (χ1v) is 11.2. The van der Waals surface area contributed by atoms with Crippen LogP contribution < -0.4 is 5.32 Å². The molecule has 7 heteroatoms. The van der Waals surface area contributed by atoms with Crippen molar-refractivity contribution < 1.29 is 20.9 Å². The largest absolute Gasteiger partial charge is 0.478 e. The third kappa shape index (κ3) is 7.79. The highest BCUT2D eigenvalue weighted by Crippen LogP contribution is 2.25. The van der Waals surface area contributed by atoms with Gasteiger partial charge in [-0.1, -0.05) is 44.2 Å². The molecular weight excluding hydrogens is 412 g/mol. The van der Waals surface area contributed by atoms with Crippen LogP contribution in [0.1, 0.15) is 40.9 Å². The van der Waals surface area contributed by atoms with E-state index in [1.54, 1.807) is 12.1 Å². The molecule has 2 aromatic carbocycles. The normalized spacial score (nSPS) is 13.4. The van der Waals surface area contributed by atoms with Gasteiger partial charge in [0.2, 0.25) is 0 Å². The van der Waals surface area contributed by atoms with Gasteiger partial charge >= 0.3 is 5.97 Å². The maximum atomic E-state index is 12.2. The van der Waals surface area contributed by atoms with E-state index in [0.29, 0.717) is 11.4 Å². The maximum Gasteiger partial charge on any atom is 0.335 e. The molecule has 0 bridgehead atoms. The molecule has 0 saturated carbocycles. The highest BCUT2D eigenvalue weighted by Gasteiger charge is 2.10. The van der Waals surface area contributed by atoms with E-state index in [2.05, 4.69) is 17.3 Å². The van der Waals surface area contributed by atoms with Crippen LogP contribution >= 0.6 is 11.3 Å². The lowest BCUT2D eigenvalue weighted by Crippen LogP contribution is -2.32. The highest BCUT2D eigenvalue weighted by atomic mass is 32.1. The summed E-state index contributed by atoms with van der Waals surface area (Å²) in [7, 11) is 2.11. The first-order valence-electron chi connectivity index (χ1n) is 10.4. The van der Waals surface area contributed by atoms with Crippen LogP contribution in [0, 0.1) is 0 Å². The molecule has 1 aromatic heterocycles.